The summed E-state index contributed by atoms with van der Waals surface area (Å²) in [5.74, 6) is 4.46. The zero-order valence-corrected chi connectivity index (χ0v) is 49.4. The maximum atomic E-state index is 13.9. The predicted molar refractivity (Wildman–Crippen MR) is 330 cm³/mol. The van der Waals surface area contributed by atoms with Crippen molar-refractivity contribution in [2.75, 3.05) is 76.0 Å². The molecule has 0 unspecified atom stereocenters. The van der Waals surface area contributed by atoms with Gasteiger partial charge in [-0.2, -0.15) is 0 Å². The van der Waals surface area contributed by atoms with Gasteiger partial charge in [0, 0.05) is 98.5 Å². The smallest absolute Gasteiger partial charge is 0.332 e. The van der Waals surface area contributed by atoms with Crippen molar-refractivity contribution in [2.24, 2.45) is 18.7 Å². The number of hydrogen-bond acceptors (Lipinski definition) is 14. The predicted octanol–water partition coefficient (Wildman–Crippen LogP) is 5.45. The van der Waals surface area contributed by atoms with Crippen LogP contribution < -0.4 is 41.8 Å². The van der Waals surface area contributed by atoms with Crippen molar-refractivity contribution < 1.29 is 38.6 Å². The number of nitrogens with one attached hydrogen (secondary N) is 4. The summed E-state index contributed by atoms with van der Waals surface area (Å²) in [5, 5.41) is 22.0. The van der Waals surface area contributed by atoms with Gasteiger partial charge in [-0.1, -0.05) is 78.6 Å². The third-order valence-corrected chi connectivity index (χ3v) is 17.4. The van der Waals surface area contributed by atoms with Gasteiger partial charge in [-0.15, -0.1) is 0 Å². The van der Waals surface area contributed by atoms with E-state index < -0.39 is 54.4 Å². The number of hydrogen-bond donors (Lipinski definition) is 6. The summed E-state index contributed by atoms with van der Waals surface area (Å²) in [6.07, 6.45) is 9.21. The molecule has 6 heterocycles. The Morgan fingerprint density at radius 1 is 0.885 bits per heavy atom. The van der Waals surface area contributed by atoms with E-state index in [9.17, 15) is 33.9 Å². The number of likely N-dealkylation sites (tertiary alicyclic amines) is 1. The Labute approximate surface area is 504 Å². The van der Waals surface area contributed by atoms with Crippen molar-refractivity contribution in [3.8, 4) is 28.7 Å². The minimum Gasteiger partial charge on any atom is -0.495 e. The summed E-state index contributed by atoms with van der Waals surface area (Å²) in [4.78, 5) is 98.7. The number of pyridine rings is 1. The van der Waals surface area contributed by atoms with Crippen molar-refractivity contribution in [1.82, 2.24) is 45.3 Å². The van der Waals surface area contributed by atoms with Crippen molar-refractivity contribution in [1.29, 1.82) is 0 Å². The summed E-state index contributed by atoms with van der Waals surface area (Å²) in [5.41, 5.74) is 10.3. The third kappa shape index (κ3) is 13.2. The summed E-state index contributed by atoms with van der Waals surface area (Å²) in [7, 11) is 3.25. The van der Waals surface area contributed by atoms with Crippen molar-refractivity contribution in [3.63, 3.8) is 0 Å². The highest BCUT2D eigenvalue weighted by Crippen LogP contribution is 2.44. The molecule has 11 rings (SSSR count). The molecule has 7 N–H and O–H groups in total. The summed E-state index contributed by atoms with van der Waals surface area (Å²) >= 11 is 0. The molecule has 87 heavy (non-hydrogen) atoms. The van der Waals surface area contributed by atoms with E-state index in [1.54, 1.807) is 29.9 Å². The van der Waals surface area contributed by atoms with Gasteiger partial charge < -0.3 is 55.6 Å². The zero-order chi connectivity index (χ0) is 60.8. The lowest BCUT2D eigenvalue weighted by atomic mass is 9.87. The Morgan fingerprint density at radius 3 is 2.34 bits per heavy atom. The highest BCUT2D eigenvalue weighted by atomic mass is 16.5. The number of anilines is 2. The number of aromatic nitrogens is 4. The van der Waals surface area contributed by atoms with Crippen LogP contribution in [0.4, 0.5) is 16.4 Å². The number of benzene rings is 4. The maximum absolute atomic E-state index is 13.9. The molecule has 1 aliphatic carbocycles. The number of imide groups is 1. The molecule has 0 spiro atoms. The number of aryl methyl sites for hydroxylation is 1. The number of amides is 6. The van der Waals surface area contributed by atoms with E-state index in [1.165, 1.54) is 12.0 Å². The molecule has 4 aliphatic rings. The number of carbonyl (C=O) groups excluding carboxylic acids is 5. The second-order valence-electron chi connectivity index (χ2n) is 23.4. The van der Waals surface area contributed by atoms with Gasteiger partial charge in [0.2, 0.25) is 29.6 Å². The number of fused-ring (bicyclic) bond motifs is 2. The van der Waals surface area contributed by atoms with Crippen molar-refractivity contribution in [2.45, 2.75) is 88.0 Å². The number of rotatable bonds is 21. The third-order valence-electron chi connectivity index (χ3n) is 17.4. The fourth-order valence-corrected chi connectivity index (χ4v) is 12.3. The molecule has 2 atom stereocenters. The van der Waals surface area contributed by atoms with Gasteiger partial charge in [0.25, 0.3) is 5.56 Å². The Morgan fingerprint density at radius 2 is 1.63 bits per heavy atom. The minimum absolute atomic E-state index is 0.00706. The van der Waals surface area contributed by atoms with Crippen LogP contribution in [0.15, 0.2) is 120 Å². The van der Waals surface area contributed by atoms with Crippen molar-refractivity contribution >= 4 is 63.1 Å². The summed E-state index contributed by atoms with van der Waals surface area (Å²) < 4.78 is 14.2. The Bertz CT molecular complexity index is 3820. The molecule has 3 aromatic heterocycles. The number of nitrogens with zero attached hydrogens (tertiary/aromatic N) is 7. The fourth-order valence-electron chi connectivity index (χ4n) is 12.3. The number of aromatic amines is 1. The summed E-state index contributed by atoms with van der Waals surface area (Å²) in [6.45, 7) is 4.96. The average Bonchev–Trinajstić information content (AvgIpc) is 1.90. The topological polar surface area (TPSA) is 263 Å². The molecular formula is C66H74N12O9. The molecular weight excluding hydrogens is 1100 g/mol. The Balaban J connectivity index is 0.701. The molecule has 6 amide bonds. The molecule has 4 fully saturated rings. The van der Waals surface area contributed by atoms with E-state index >= 15 is 0 Å². The van der Waals surface area contributed by atoms with Crippen LogP contribution in [0, 0.1) is 17.8 Å². The number of aliphatic hydroxyl groups is 1. The average molecular weight is 1180 g/mol. The Hall–Kier alpha value is -8.94. The monoisotopic (exact) mass is 1180 g/mol. The highest BCUT2D eigenvalue weighted by Gasteiger charge is 2.44. The van der Waals surface area contributed by atoms with Crippen LogP contribution in [0.25, 0.3) is 32.9 Å². The van der Waals surface area contributed by atoms with E-state index in [0.717, 1.165) is 108 Å². The van der Waals surface area contributed by atoms with Crippen LogP contribution in [0.2, 0.25) is 0 Å². The van der Waals surface area contributed by atoms with Gasteiger partial charge in [0.15, 0.2) is 5.60 Å². The van der Waals surface area contributed by atoms with E-state index in [2.05, 4.69) is 55.6 Å². The van der Waals surface area contributed by atoms with Crippen LogP contribution in [-0.2, 0) is 43.0 Å². The van der Waals surface area contributed by atoms with E-state index in [1.807, 2.05) is 91.1 Å². The highest BCUT2D eigenvalue weighted by molar-refractivity contribution is 6.06. The molecule has 3 aliphatic heterocycles. The van der Waals surface area contributed by atoms with Gasteiger partial charge in [0.1, 0.15) is 17.9 Å². The number of carbonyl (C=O) groups is 5. The zero-order valence-electron chi connectivity index (χ0n) is 49.4. The number of aliphatic hydroxyl groups excluding tert-OH is 1. The van der Waals surface area contributed by atoms with Gasteiger partial charge in [-0.3, -0.25) is 28.9 Å². The second kappa shape index (κ2) is 26.0. The van der Waals surface area contributed by atoms with Crippen LogP contribution in [0.3, 0.4) is 0 Å². The number of piperidine rings is 2. The summed E-state index contributed by atoms with van der Waals surface area (Å²) in [6, 6.07) is 32.1. The normalized spacial score (nSPS) is 17.6. The van der Waals surface area contributed by atoms with Crippen molar-refractivity contribution in [3.05, 3.63) is 148 Å². The van der Waals surface area contributed by atoms with Gasteiger partial charge in [0.05, 0.1) is 55.7 Å². The molecule has 21 heteroatoms. The quantitative estimate of drug-likeness (QED) is 0.0490. The molecule has 3 saturated heterocycles. The van der Waals surface area contributed by atoms with Crippen LogP contribution in [0.5, 0.6) is 5.75 Å². The van der Waals surface area contributed by atoms with Crippen LogP contribution in [0.1, 0.15) is 80.7 Å². The number of ether oxygens (including phenoxy) is 2. The van der Waals surface area contributed by atoms with E-state index in [0.29, 0.717) is 46.7 Å². The van der Waals surface area contributed by atoms with Gasteiger partial charge in [-0.25, -0.2) is 19.7 Å². The molecule has 1 saturated carbocycles. The number of methoxy groups -OCH3 is 1. The number of primary amides is 1. The molecule has 452 valence electrons. The molecule has 21 nitrogen and oxygen atoms in total. The van der Waals surface area contributed by atoms with Crippen LogP contribution in [-0.4, -0.2) is 148 Å². The van der Waals surface area contributed by atoms with E-state index in [-0.39, 0.29) is 49.6 Å². The largest absolute Gasteiger partial charge is 0.495 e. The number of urea groups is 1. The Kier molecular flexibility index (Phi) is 17.8. The first-order valence-electron chi connectivity index (χ1n) is 29.9. The number of nitrogens with two attached hydrogens (primary N) is 1. The first-order valence-corrected chi connectivity index (χ1v) is 29.9. The number of H-pyrrole nitrogens is 1. The van der Waals surface area contributed by atoms with E-state index in [4.69, 9.17) is 25.2 Å². The fraction of sp³-hybridized carbons (Fsp3) is 0.394. The first-order chi connectivity index (χ1) is 42.1. The second-order valence-corrected chi connectivity index (χ2v) is 23.4. The minimum atomic E-state index is -1.26. The molecule has 0 radical (unpaired) electrons. The standard InChI is InChI=1S/C66H74N12O9/c1-65(71-28-10-13-44-16-21-55(86-3)54(36-44)77-32-25-58(82)78(64(77)85)42-70-57(81)39-69-61(83)46(38-56(67)80)35-43-11-6-4-7-12-43)26-33-75(34-27-65)48-23-30-76(31-24-48)63-72-53-20-17-45(52-40-74(2)62(84)59-50(52)22-29-68-59)37-51(53)60(73-63)66(41-79,87-49-18-19-49)47-14-8-5-9-15-47/h4-9,11-12,14-17,20-22,29,36-37,40,46,48-49,68,71,79H,18-19,23-28,30-35,38-39,41-42H2,1-3H3,(H2,67,80)(H,69,83)(H,70,81)/t46-,66-/m0/s1. The molecule has 7 aromatic rings. The molecule has 4 aromatic carbocycles. The first kappa shape index (κ1) is 59.8. The van der Waals surface area contributed by atoms with Gasteiger partial charge in [-0.05, 0) is 105 Å². The van der Waals surface area contributed by atoms with Crippen LogP contribution >= 0.6 is 0 Å². The van der Waals surface area contributed by atoms with Gasteiger partial charge >= 0.3 is 6.03 Å². The lowest BCUT2D eigenvalue weighted by Crippen LogP contribution is -2.56. The molecule has 0 bridgehead atoms. The lowest BCUT2D eigenvalue weighted by molar-refractivity contribution is -0.132. The lowest BCUT2D eigenvalue weighted by Gasteiger charge is -2.45. The maximum Gasteiger partial charge on any atom is 0.332 e. The SMILES string of the molecule is COc1ccc(C#CCNC2(C)CCN(C3CCN(c4nc([C@@](CO)(OC5CC5)c5ccccc5)c5cc(-c6cn(C)c(=O)c7[nH]ccc67)ccc5n4)CC3)CC2)cc1N1CCC(=O)N(CNC(=O)CNC(=O)[C@H](CC(N)=O)Cc2ccccc2)C1=O.